The van der Waals surface area contributed by atoms with Gasteiger partial charge < -0.3 is 5.73 Å². The molecular weight excluding hydrogens is 262 g/mol. The van der Waals surface area contributed by atoms with Gasteiger partial charge in [0.25, 0.3) is 0 Å². The number of nitrogens with zero attached hydrogens (tertiary/aromatic N) is 2. The Morgan fingerprint density at radius 3 is 2.53 bits per heavy atom. The maximum absolute atomic E-state index is 12.6. The van der Waals surface area contributed by atoms with E-state index in [0.29, 0.717) is 12.1 Å². The van der Waals surface area contributed by atoms with Crippen LogP contribution in [0, 0.1) is 25.2 Å². The van der Waals surface area contributed by atoms with Crippen LogP contribution < -0.4 is 5.73 Å². The van der Waals surface area contributed by atoms with E-state index < -0.39 is 10.0 Å². The molecule has 104 valence electrons. The molecule has 0 saturated heterocycles. The van der Waals surface area contributed by atoms with Gasteiger partial charge >= 0.3 is 0 Å². The van der Waals surface area contributed by atoms with Crippen LogP contribution >= 0.6 is 0 Å². The molecule has 19 heavy (non-hydrogen) atoms. The fourth-order valence-electron chi connectivity index (χ4n) is 1.91. The number of rotatable bonds is 5. The molecule has 0 heterocycles. The molecular formula is C13H19N3O2S. The van der Waals surface area contributed by atoms with E-state index in [0.717, 1.165) is 5.56 Å². The van der Waals surface area contributed by atoms with Gasteiger partial charge in [-0.2, -0.15) is 9.57 Å². The monoisotopic (exact) mass is 281 g/mol. The van der Waals surface area contributed by atoms with Crippen LogP contribution in [0.15, 0.2) is 17.0 Å². The lowest BCUT2D eigenvalue weighted by atomic mass is 10.1. The summed E-state index contributed by atoms with van der Waals surface area (Å²) in [4.78, 5) is 0.160. The van der Waals surface area contributed by atoms with Crippen molar-refractivity contribution in [3.63, 3.8) is 0 Å². The van der Waals surface area contributed by atoms with Gasteiger partial charge in [0, 0.05) is 19.5 Å². The summed E-state index contributed by atoms with van der Waals surface area (Å²) in [5, 5.41) is 8.60. The highest BCUT2D eigenvalue weighted by molar-refractivity contribution is 7.89. The Balaban J connectivity index is 3.35. The first-order valence-corrected chi connectivity index (χ1v) is 7.53. The molecule has 0 aliphatic carbocycles. The average molecular weight is 281 g/mol. The van der Waals surface area contributed by atoms with Crippen molar-refractivity contribution in [1.29, 1.82) is 5.26 Å². The molecule has 0 amide bonds. The first-order valence-electron chi connectivity index (χ1n) is 6.09. The topological polar surface area (TPSA) is 87.2 Å². The summed E-state index contributed by atoms with van der Waals surface area (Å²) >= 11 is 0. The highest BCUT2D eigenvalue weighted by Gasteiger charge is 2.27. The standard InChI is InChI=1S/C13H19N3O2S/c1-4-16(9-5-8-14)19(17,18)13-11(3)10(2)6-7-12(13)15/h6-7H,4-5,9,15H2,1-3H3. The summed E-state index contributed by atoms with van der Waals surface area (Å²) in [5.41, 5.74) is 7.62. The van der Waals surface area contributed by atoms with E-state index in [-0.39, 0.29) is 23.5 Å². The lowest BCUT2D eigenvalue weighted by Gasteiger charge is -2.22. The van der Waals surface area contributed by atoms with Crippen LogP contribution in [0.4, 0.5) is 5.69 Å². The molecule has 0 radical (unpaired) electrons. The largest absolute Gasteiger partial charge is 0.398 e. The number of anilines is 1. The van der Waals surface area contributed by atoms with Crippen molar-refractivity contribution < 1.29 is 8.42 Å². The molecule has 1 rings (SSSR count). The van der Waals surface area contributed by atoms with Crippen LogP contribution in [-0.2, 0) is 10.0 Å². The van der Waals surface area contributed by atoms with Crippen molar-refractivity contribution in [1.82, 2.24) is 4.31 Å². The maximum Gasteiger partial charge on any atom is 0.245 e. The van der Waals surface area contributed by atoms with Crippen molar-refractivity contribution in [3.05, 3.63) is 23.3 Å². The second-order valence-electron chi connectivity index (χ2n) is 4.33. The zero-order chi connectivity index (χ0) is 14.6. The van der Waals surface area contributed by atoms with Crippen molar-refractivity contribution in [3.8, 4) is 6.07 Å². The third-order valence-corrected chi connectivity index (χ3v) is 5.31. The Morgan fingerprint density at radius 2 is 2.00 bits per heavy atom. The fraction of sp³-hybridized carbons (Fsp3) is 0.462. The molecule has 0 unspecified atom stereocenters. The van der Waals surface area contributed by atoms with Gasteiger partial charge in [-0.05, 0) is 31.0 Å². The van der Waals surface area contributed by atoms with Crippen LogP contribution in [0.3, 0.4) is 0 Å². The minimum absolute atomic E-state index is 0.160. The van der Waals surface area contributed by atoms with Crippen LogP contribution in [0.1, 0.15) is 24.5 Å². The summed E-state index contributed by atoms with van der Waals surface area (Å²) < 4.78 is 26.5. The third kappa shape index (κ3) is 3.06. The number of aryl methyl sites for hydroxylation is 1. The Kier molecular flexibility index (Phi) is 4.92. The van der Waals surface area contributed by atoms with Gasteiger partial charge in [0.05, 0.1) is 11.8 Å². The van der Waals surface area contributed by atoms with E-state index >= 15 is 0 Å². The molecule has 0 aliphatic rings. The van der Waals surface area contributed by atoms with Gasteiger partial charge in [0.2, 0.25) is 10.0 Å². The Hall–Kier alpha value is -1.58. The molecule has 5 nitrogen and oxygen atoms in total. The number of hydrogen-bond donors (Lipinski definition) is 1. The van der Waals surface area contributed by atoms with Gasteiger partial charge in [-0.3, -0.25) is 0 Å². The Bertz CT molecular complexity index is 603. The van der Waals surface area contributed by atoms with Crippen molar-refractivity contribution in [2.45, 2.75) is 32.1 Å². The van der Waals surface area contributed by atoms with Crippen LogP contribution in [0.25, 0.3) is 0 Å². The predicted octanol–water partition coefficient (Wildman–Crippen LogP) is 1.81. The van der Waals surface area contributed by atoms with E-state index in [4.69, 9.17) is 11.0 Å². The normalized spacial score (nSPS) is 11.5. The van der Waals surface area contributed by atoms with Crippen LogP contribution in [0.5, 0.6) is 0 Å². The quantitative estimate of drug-likeness (QED) is 0.834. The molecule has 1 aromatic rings. The SMILES string of the molecule is CCN(CCC#N)S(=O)(=O)c1c(N)ccc(C)c1C. The minimum atomic E-state index is -3.65. The third-order valence-electron chi connectivity index (χ3n) is 3.13. The van der Waals surface area contributed by atoms with E-state index in [1.165, 1.54) is 4.31 Å². The summed E-state index contributed by atoms with van der Waals surface area (Å²) in [5.74, 6) is 0. The van der Waals surface area contributed by atoms with Crippen molar-refractivity contribution in [2.75, 3.05) is 18.8 Å². The molecule has 0 spiro atoms. The smallest absolute Gasteiger partial charge is 0.245 e. The molecule has 2 N–H and O–H groups in total. The molecule has 0 bridgehead atoms. The van der Waals surface area contributed by atoms with E-state index in [2.05, 4.69) is 0 Å². The van der Waals surface area contributed by atoms with Gasteiger partial charge in [0.1, 0.15) is 4.90 Å². The average Bonchev–Trinajstić information content (AvgIpc) is 2.34. The van der Waals surface area contributed by atoms with Gasteiger partial charge in [0.15, 0.2) is 0 Å². The van der Waals surface area contributed by atoms with Gasteiger partial charge in [-0.15, -0.1) is 0 Å². The fourth-order valence-corrected chi connectivity index (χ4v) is 3.75. The van der Waals surface area contributed by atoms with E-state index in [1.54, 1.807) is 26.0 Å². The second kappa shape index (κ2) is 6.04. The molecule has 1 aromatic carbocycles. The number of sulfonamides is 1. The molecule has 0 aliphatic heterocycles. The number of nitrogen functional groups attached to an aromatic ring is 1. The molecule has 0 atom stereocenters. The summed E-state index contributed by atoms with van der Waals surface area (Å²) in [6, 6.07) is 5.36. The minimum Gasteiger partial charge on any atom is -0.398 e. The molecule has 0 saturated carbocycles. The second-order valence-corrected chi connectivity index (χ2v) is 6.21. The Labute approximate surface area is 114 Å². The summed E-state index contributed by atoms with van der Waals surface area (Å²) in [6.45, 7) is 5.84. The Morgan fingerprint density at radius 1 is 1.37 bits per heavy atom. The number of hydrogen-bond acceptors (Lipinski definition) is 4. The number of nitriles is 1. The van der Waals surface area contributed by atoms with Crippen LogP contribution in [-0.4, -0.2) is 25.8 Å². The first kappa shape index (κ1) is 15.5. The number of benzene rings is 1. The first-order chi connectivity index (χ1) is 8.86. The zero-order valence-corrected chi connectivity index (χ0v) is 12.3. The van der Waals surface area contributed by atoms with Crippen molar-refractivity contribution in [2.24, 2.45) is 0 Å². The lowest BCUT2D eigenvalue weighted by molar-refractivity contribution is 0.435. The summed E-state index contributed by atoms with van der Waals surface area (Å²) in [6.07, 6.45) is 0.165. The lowest BCUT2D eigenvalue weighted by Crippen LogP contribution is -2.32. The summed E-state index contributed by atoms with van der Waals surface area (Å²) in [7, 11) is -3.65. The molecule has 6 heteroatoms. The molecule has 0 aromatic heterocycles. The zero-order valence-electron chi connectivity index (χ0n) is 11.5. The van der Waals surface area contributed by atoms with E-state index in [1.807, 2.05) is 13.0 Å². The van der Waals surface area contributed by atoms with Crippen molar-refractivity contribution >= 4 is 15.7 Å². The predicted molar refractivity (Wildman–Crippen MR) is 75.0 cm³/mol. The number of nitrogens with two attached hydrogens (primary N) is 1. The van der Waals surface area contributed by atoms with E-state index in [9.17, 15) is 8.42 Å². The molecule has 0 fully saturated rings. The van der Waals surface area contributed by atoms with Crippen LogP contribution in [0.2, 0.25) is 0 Å². The highest BCUT2D eigenvalue weighted by Crippen LogP contribution is 2.28. The highest BCUT2D eigenvalue weighted by atomic mass is 32.2. The maximum atomic E-state index is 12.6. The van der Waals surface area contributed by atoms with Gasteiger partial charge in [-0.25, -0.2) is 8.42 Å². The van der Waals surface area contributed by atoms with Gasteiger partial charge in [-0.1, -0.05) is 13.0 Å².